The second-order valence-electron chi connectivity index (χ2n) is 7.02. The molecule has 0 amide bonds. The van der Waals surface area contributed by atoms with E-state index in [0.717, 1.165) is 35.6 Å². The molecule has 0 aliphatic carbocycles. The van der Waals surface area contributed by atoms with E-state index in [9.17, 15) is 4.39 Å². The molecule has 1 fully saturated rings. The normalized spacial score (nSPS) is 20.6. The van der Waals surface area contributed by atoms with Crippen molar-refractivity contribution in [1.29, 1.82) is 0 Å². The van der Waals surface area contributed by atoms with Crippen LogP contribution >= 0.6 is 0 Å². The lowest BCUT2D eigenvalue weighted by molar-refractivity contribution is 0.0445. The largest absolute Gasteiger partial charge is 0.377 e. The highest BCUT2D eigenvalue weighted by Gasteiger charge is 2.33. The van der Waals surface area contributed by atoms with Gasteiger partial charge in [-0.05, 0) is 37.7 Å². The van der Waals surface area contributed by atoms with Gasteiger partial charge in [-0.15, -0.1) is 0 Å². The van der Waals surface area contributed by atoms with Crippen LogP contribution < -0.4 is 5.73 Å². The molecule has 2 atom stereocenters. The number of para-hydroxylation sites is 1. The minimum absolute atomic E-state index is 0.159. The van der Waals surface area contributed by atoms with Gasteiger partial charge in [0.25, 0.3) is 0 Å². The van der Waals surface area contributed by atoms with Crippen LogP contribution in [0, 0.1) is 11.7 Å². The fourth-order valence-electron chi connectivity index (χ4n) is 3.96. The Bertz CT molecular complexity index is 911. The number of hydrogen-bond donors (Lipinski definition) is 1. The summed E-state index contributed by atoms with van der Waals surface area (Å²) in [7, 11) is 0. The number of rotatable bonds is 6. The average Bonchev–Trinajstić information content (AvgIpc) is 3.23. The van der Waals surface area contributed by atoms with Crippen LogP contribution in [0.2, 0.25) is 0 Å². The number of benzene rings is 2. The maximum Gasteiger partial charge on any atom is 0.128 e. The van der Waals surface area contributed by atoms with Crippen molar-refractivity contribution in [2.24, 2.45) is 11.7 Å². The number of nitrogens with two attached hydrogens (primary N) is 1. The van der Waals surface area contributed by atoms with Crippen molar-refractivity contribution in [3.8, 4) is 5.69 Å². The molecule has 2 N–H and O–H groups in total. The van der Waals surface area contributed by atoms with Crippen LogP contribution in [0.5, 0.6) is 0 Å². The molecule has 0 bridgehead atoms. The third-order valence-corrected chi connectivity index (χ3v) is 5.21. The summed E-state index contributed by atoms with van der Waals surface area (Å²) in [6.07, 6.45) is 0.159. The monoisotopic (exact) mass is 368 g/mol. The maximum absolute atomic E-state index is 13.9. The third-order valence-electron chi connectivity index (χ3n) is 5.21. The molecule has 2 heterocycles. The van der Waals surface area contributed by atoms with E-state index >= 15 is 0 Å². The van der Waals surface area contributed by atoms with E-state index in [2.05, 4.69) is 4.90 Å². The number of nitrogens with zero attached hydrogens (tertiary/aromatic N) is 3. The first kappa shape index (κ1) is 18.1. The Balaban J connectivity index is 1.70. The molecule has 1 aromatic heterocycles. The number of likely N-dealkylation sites (tertiary alicyclic amines) is 1. The molecule has 4 rings (SSSR count). The van der Waals surface area contributed by atoms with Crippen LogP contribution in [0.1, 0.15) is 12.7 Å². The summed E-state index contributed by atoms with van der Waals surface area (Å²) < 4.78 is 21.8. The van der Waals surface area contributed by atoms with Gasteiger partial charge in [0.05, 0.1) is 23.7 Å². The molecule has 1 saturated heterocycles. The van der Waals surface area contributed by atoms with Gasteiger partial charge in [-0.25, -0.2) is 9.37 Å². The number of halogens is 1. The smallest absolute Gasteiger partial charge is 0.128 e. The quantitative estimate of drug-likeness (QED) is 0.727. The first-order chi connectivity index (χ1) is 13.2. The zero-order valence-electron chi connectivity index (χ0n) is 15.5. The van der Waals surface area contributed by atoms with Gasteiger partial charge in [-0.3, -0.25) is 9.47 Å². The minimum Gasteiger partial charge on any atom is -0.377 e. The molecule has 1 aliphatic rings. The van der Waals surface area contributed by atoms with Crippen LogP contribution in [0.15, 0.2) is 48.5 Å². The van der Waals surface area contributed by atoms with Crippen LogP contribution in [-0.4, -0.2) is 46.8 Å². The van der Waals surface area contributed by atoms with Crippen LogP contribution in [0.3, 0.4) is 0 Å². The van der Waals surface area contributed by atoms with E-state index in [1.165, 1.54) is 6.07 Å². The molecule has 0 saturated carbocycles. The summed E-state index contributed by atoms with van der Waals surface area (Å²) in [5.41, 5.74) is 8.50. The topological polar surface area (TPSA) is 56.3 Å². The van der Waals surface area contributed by atoms with Gasteiger partial charge >= 0.3 is 0 Å². The molecule has 142 valence electrons. The summed E-state index contributed by atoms with van der Waals surface area (Å²) in [4.78, 5) is 7.13. The van der Waals surface area contributed by atoms with Crippen LogP contribution in [0.25, 0.3) is 16.7 Å². The predicted octanol–water partition coefficient (Wildman–Crippen LogP) is 2.96. The summed E-state index contributed by atoms with van der Waals surface area (Å²) in [6, 6.07) is 14.7. The molecule has 27 heavy (non-hydrogen) atoms. The van der Waals surface area contributed by atoms with Gasteiger partial charge in [0.15, 0.2) is 0 Å². The lowest BCUT2D eigenvalue weighted by Gasteiger charge is -2.17. The highest BCUT2D eigenvalue weighted by Crippen LogP contribution is 2.26. The Morgan fingerprint density at radius 1 is 1.19 bits per heavy atom. The Morgan fingerprint density at radius 2 is 2.00 bits per heavy atom. The molecule has 2 aromatic carbocycles. The van der Waals surface area contributed by atoms with Crippen molar-refractivity contribution >= 4 is 11.0 Å². The molecular weight excluding hydrogens is 343 g/mol. The van der Waals surface area contributed by atoms with Crippen molar-refractivity contribution in [2.45, 2.75) is 19.6 Å². The van der Waals surface area contributed by atoms with Gasteiger partial charge in [0, 0.05) is 37.4 Å². The van der Waals surface area contributed by atoms with Gasteiger partial charge in [0.1, 0.15) is 11.6 Å². The Hall–Kier alpha value is -2.28. The molecule has 1 aliphatic heterocycles. The first-order valence-electron chi connectivity index (χ1n) is 9.46. The summed E-state index contributed by atoms with van der Waals surface area (Å²) >= 11 is 0. The zero-order valence-corrected chi connectivity index (χ0v) is 15.5. The lowest BCUT2D eigenvalue weighted by Crippen LogP contribution is -2.28. The summed E-state index contributed by atoms with van der Waals surface area (Å²) in [5.74, 6) is 0.971. The average molecular weight is 368 g/mol. The highest BCUT2D eigenvalue weighted by atomic mass is 19.1. The van der Waals surface area contributed by atoms with E-state index in [4.69, 9.17) is 15.5 Å². The molecule has 0 unspecified atom stereocenters. The molecular formula is C21H25FN4O. The molecule has 3 aromatic rings. The van der Waals surface area contributed by atoms with Gasteiger partial charge in [-0.1, -0.05) is 18.2 Å². The van der Waals surface area contributed by atoms with Crippen molar-refractivity contribution in [3.05, 3.63) is 60.2 Å². The van der Waals surface area contributed by atoms with Crippen LogP contribution in [0.4, 0.5) is 4.39 Å². The number of aromatic nitrogens is 2. The second kappa shape index (κ2) is 7.76. The van der Waals surface area contributed by atoms with Gasteiger partial charge < -0.3 is 10.5 Å². The lowest BCUT2D eigenvalue weighted by atomic mass is 10.1. The Labute approximate surface area is 158 Å². The number of fused-ring (bicyclic) bond motifs is 1. The van der Waals surface area contributed by atoms with Crippen molar-refractivity contribution < 1.29 is 9.13 Å². The Kier molecular flexibility index (Phi) is 5.20. The van der Waals surface area contributed by atoms with E-state index in [1.807, 2.05) is 41.8 Å². The van der Waals surface area contributed by atoms with E-state index in [-0.39, 0.29) is 11.9 Å². The molecule has 6 heteroatoms. The minimum atomic E-state index is -0.257. The fraction of sp³-hybridized carbons (Fsp3) is 0.381. The summed E-state index contributed by atoms with van der Waals surface area (Å²) in [5, 5.41) is 0. The van der Waals surface area contributed by atoms with Gasteiger partial charge in [0.2, 0.25) is 0 Å². The van der Waals surface area contributed by atoms with E-state index in [0.29, 0.717) is 25.6 Å². The standard InChI is InChI=1S/C21H25FN4O/c1-2-27-20-13-25(12-15(20)11-23)14-21-24-18-9-8-16(22)10-19(18)26(21)17-6-4-3-5-7-17/h3-10,15,20H,2,11-14,23H2,1H3/t15-,20-/m1/s1. The number of hydrogen-bond acceptors (Lipinski definition) is 4. The van der Waals surface area contributed by atoms with E-state index in [1.54, 1.807) is 12.1 Å². The number of imidazole rings is 1. The maximum atomic E-state index is 13.9. The second-order valence-corrected chi connectivity index (χ2v) is 7.02. The first-order valence-corrected chi connectivity index (χ1v) is 9.46. The van der Waals surface area contributed by atoms with Crippen molar-refractivity contribution in [2.75, 3.05) is 26.2 Å². The van der Waals surface area contributed by atoms with E-state index < -0.39 is 0 Å². The molecule has 0 spiro atoms. The molecule has 0 radical (unpaired) electrons. The molecule has 5 nitrogen and oxygen atoms in total. The van der Waals surface area contributed by atoms with Crippen molar-refractivity contribution in [3.63, 3.8) is 0 Å². The highest BCUT2D eigenvalue weighted by molar-refractivity contribution is 5.78. The summed E-state index contributed by atoms with van der Waals surface area (Å²) in [6.45, 7) is 5.71. The zero-order chi connectivity index (χ0) is 18.8. The van der Waals surface area contributed by atoms with Crippen molar-refractivity contribution in [1.82, 2.24) is 14.5 Å². The van der Waals surface area contributed by atoms with Gasteiger partial charge in [-0.2, -0.15) is 0 Å². The number of ether oxygens (including phenoxy) is 1. The predicted molar refractivity (Wildman–Crippen MR) is 104 cm³/mol. The SMILES string of the molecule is CCO[C@@H]1CN(Cc2nc3ccc(F)cc3n2-c2ccccc2)C[C@H]1CN. The fourth-order valence-corrected chi connectivity index (χ4v) is 3.96. The Morgan fingerprint density at radius 3 is 2.74 bits per heavy atom. The third kappa shape index (κ3) is 3.60. The van der Waals surface area contributed by atoms with Crippen LogP contribution in [-0.2, 0) is 11.3 Å².